The molecule has 0 radical (unpaired) electrons. The molecule has 1 amide bonds. The lowest BCUT2D eigenvalue weighted by Gasteiger charge is -2.11. The maximum atomic E-state index is 13.1. The molecule has 0 saturated carbocycles. The fourth-order valence-corrected chi connectivity index (χ4v) is 2.44. The Morgan fingerprint density at radius 3 is 2.78 bits per heavy atom. The van der Waals surface area contributed by atoms with Gasteiger partial charge < -0.3 is 14.8 Å². The molecule has 4 nitrogen and oxygen atoms in total. The second-order valence-corrected chi connectivity index (χ2v) is 5.43. The Kier molecular flexibility index (Phi) is 4.88. The van der Waals surface area contributed by atoms with Crippen molar-refractivity contribution in [3.8, 4) is 5.75 Å². The van der Waals surface area contributed by atoms with E-state index in [9.17, 15) is 9.18 Å². The van der Waals surface area contributed by atoms with Crippen molar-refractivity contribution in [2.45, 2.75) is 25.6 Å². The lowest BCUT2D eigenvalue weighted by Crippen LogP contribution is -2.26. The van der Waals surface area contributed by atoms with Crippen molar-refractivity contribution in [1.29, 1.82) is 0 Å². The third-order valence-corrected chi connectivity index (χ3v) is 3.64. The molecule has 5 heteroatoms. The van der Waals surface area contributed by atoms with Gasteiger partial charge in [-0.05, 0) is 54.8 Å². The summed E-state index contributed by atoms with van der Waals surface area (Å²) in [6, 6.07) is 13.4. The average molecular weight is 315 g/mol. The van der Waals surface area contributed by atoms with Crippen LogP contribution in [0.15, 0.2) is 48.5 Å². The summed E-state index contributed by atoms with van der Waals surface area (Å²) >= 11 is 0. The highest BCUT2D eigenvalue weighted by Crippen LogP contribution is 2.19. The monoisotopic (exact) mass is 315 g/mol. The number of hydrogen-bond donors (Lipinski definition) is 1. The van der Waals surface area contributed by atoms with Crippen LogP contribution in [0.25, 0.3) is 0 Å². The zero-order valence-electron chi connectivity index (χ0n) is 12.6. The summed E-state index contributed by atoms with van der Waals surface area (Å²) in [4.78, 5) is 11.9. The molecule has 23 heavy (non-hydrogen) atoms. The Bertz CT molecular complexity index is 666. The number of halogens is 1. The Balaban J connectivity index is 1.53. The number of ether oxygens (including phenoxy) is 2. The molecule has 1 aliphatic heterocycles. The van der Waals surface area contributed by atoms with E-state index in [0.29, 0.717) is 24.7 Å². The van der Waals surface area contributed by atoms with Crippen LogP contribution in [0.3, 0.4) is 0 Å². The molecule has 0 aliphatic carbocycles. The molecule has 1 aliphatic rings. The van der Waals surface area contributed by atoms with Crippen molar-refractivity contribution < 1.29 is 18.7 Å². The largest absolute Gasteiger partial charge is 0.489 e. The number of amides is 1. The SMILES string of the molecule is O=C(Nc1ccc(OCc2cccc(F)c2)cc1)C1CCCO1. The molecule has 120 valence electrons. The topological polar surface area (TPSA) is 47.6 Å². The minimum atomic E-state index is -0.348. The minimum Gasteiger partial charge on any atom is -0.489 e. The van der Waals surface area contributed by atoms with Crippen LogP contribution in [0.1, 0.15) is 18.4 Å². The van der Waals surface area contributed by atoms with Gasteiger partial charge in [-0.3, -0.25) is 4.79 Å². The Labute approximate surface area is 134 Å². The normalized spacial score (nSPS) is 17.0. The summed E-state index contributed by atoms with van der Waals surface area (Å²) in [5.41, 5.74) is 1.46. The van der Waals surface area contributed by atoms with E-state index in [1.807, 2.05) is 0 Å². The summed E-state index contributed by atoms with van der Waals surface area (Å²) in [5, 5.41) is 2.82. The van der Waals surface area contributed by atoms with E-state index in [1.165, 1.54) is 12.1 Å². The maximum Gasteiger partial charge on any atom is 0.253 e. The van der Waals surface area contributed by atoms with E-state index in [0.717, 1.165) is 18.4 Å². The predicted octanol–water partition coefficient (Wildman–Crippen LogP) is 3.52. The summed E-state index contributed by atoms with van der Waals surface area (Å²) in [6.07, 6.45) is 1.34. The Morgan fingerprint density at radius 1 is 1.26 bits per heavy atom. The van der Waals surface area contributed by atoms with Gasteiger partial charge in [0.15, 0.2) is 0 Å². The molecule has 1 unspecified atom stereocenters. The summed E-state index contributed by atoms with van der Waals surface area (Å²) in [7, 11) is 0. The van der Waals surface area contributed by atoms with Crippen LogP contribution in [0.5, 0.6) is 5.75 Å². The summed E-state index contributed by atoms with van der Waals surface area (Å²) in [6.45, 7) is 0.935. The van der Waals surface area contributed by atoms with E-state index in [1.54, 1.807) is 36.4 Å². The highest BCUT2D eigenvalue weighted by atomic mass is 19.1. The molecule has 1 heterocycles. The smallest absolute Gasteiger partial charge is 0.253 e. The van der Waals surface area contributed by atoms with Gasteiger partial charge in [-0.2, -0.15) is 0 Å². The fourth-order valence-electron chi connectivity index (χ4n) is 2.44. The van der Waals surface area contributed by atoms with Gasteiger partial charge in [0.2, 0.25) is 0 Å². The van der Waals surface area contributed by atoms with Gasteiger partial charge in [0.05, 0.1) is 0 Å². The number of carbonyl (C=O) groups excluding carboxylic acids is 1. The van der Waals surface area contributed by atoms with Crippen molar-refractivity contribution >= 4 is 11.6 Å². The molecular weight excluding hydrogens is 297 g/mol. The van der Waals surface area contributed by atoms with Crippen molar-refractivity contribution in [2.75, 3.05) is 11.9 Å². The van der Waals surface area contributed by atoms with E-state index in [4.69, 9.17) is 9.47 Å². The van der Waals surface area contributed by atoms with Gasteiger partial charge in [0.1, 0.15) is 24.3 Å². The second-order valence-electron chi connectivity index (χ2n) is 5.43. The molecule has 1 fully saturated rings. The molecular formula is C18H18FNO3. The van der Waals surface area contributed by atoms with Crippen LogP contribution in [0, 0.1) is 5.82 Å². The number of rotatable bonds is 5. The number of anilines is 1. The number of hydrogen-bond acceptors (Lipinski definition) is 3. The molecule has 0 aromatic heterocycles. The van der Waals surface area contributed by atoms with Crippen LogP contribution >= 0.6 is 0 Å². The summed E-state index contributed by atoms with van der Waals surface area (Å²) < 4.78 is 24.0. The first kappa shape index (κ1) is 15.5. The van der Waals surface area contributed by atoms with Crippen LogP contribution < -0.4 is 10.1 Å². The average Bonchev–Trinajstić information content (AvgIpc) is 3.09. The molecule has 1 atom stereocenters. The highest BCUT2D eigenvalue weighted by molar-refractivity contribution is 5.94. The van der Waals surface area contributed by atoms with Crippen molar-refractivity contribution in [3.05, 3.63) is 59.9 Å². The standard InChI is InChI=1S/C18H18FNO3/c19-14-4-1-3-13(11-14)12-23-16-8-6-15(7-9-16)20-18(21)17-5-2-10-22-17/h1,3-4,6-9,11,17H,2,5,10,12H2,(H,20,21). The number of nitrogens with one attached hydrogen (secondary N) is 1. The second kappa shape index (κ2) is 7.24. The molecule has 1 saturated heterocycles. The lowest BCUT2D eigenvalue weighted by atomic mass is 10.2. The number of benzene rings is 2. The lowest BCUT2D eigenvalue weighted by molar-refractivity contribution is -0.124. The third-order valence-electron chi connectivity index (χ3n) is 3.64. The van der Waals surface area contributed by atoms with Gasteiger partial charge in [-0.1, -0.05) is 12.1 Å². The van der Waals surface area contributed by atoms with Gasteiger partial charge in [0.25, 0.3) is 5.91 Å². The molecule has 2 aromatic carbocycles. The van der Waals surface area contributed by atoms with Crippen LogP contribution in [0.2, 0.25) is 0 Å². The molecule has 1 N–H and O–H groups in total. The van der Waals surface area contributed by atoms with Crippen molar-refractivity contribution in [1.82, 2.24) is 0 Å². The Morgan fingerprint density at radius 2 is 2.09 bits per heavy atom. The van der Waals surface area contributed by atoms with E-state index >= 15 is 0 Å². The van der Waals surface area contributed by atoms with Gasteiger partial charge >= 0.3 is 0 Å². The third kappa shape index (κ3) is 4.29. The molecule has 3 rings (SSSR count). The predicted molar refractivity (Wildman–Crippen MR) is 84.8 cm³/mol. The van der Waals surface area contributed by atoms with Gasteiger partial charge in [-0.15, -0.1) is 0 Å². The number of carbonyl (C=O) groups is 1. The van der Waals surface area contributed by atoms with Gasteiger partial charge in [0, 0.05) is 12.3 Å². The Hall–Kier alpha value is -2.40. The van der Waals surface area contributed by atoms with Crippen molar-refractivity contribution in [2.24, 2.45) is 0 Å². The summed E-state index contributed by atoms with van der Waals surface area (Å²) in [5.74, 6) is 0.263. The maximum absolute atomic E-state index is 13.1. The first-order valence-corrected chi connectivity index (χ1v) is 7.60. The fraction of sp³-hybridized carbons (Fsp3) is 0.278. The van der Waals surface area contributed by atoms with Gasteiger partial charge in [-0.25, -0.2) is 4.39 Å². The zero-order chi connectivity index (χ0) is 16.1. The molecule has 2 aromatic rings. The molecule has 0 spiro atoms. The minimum absolute atomic E-state index is 0.115. The van der Waals surface area contributed by atoms with Crippen molar-refractivity contribution in [3.63, 3.8) is 0 Å². The zero-order valence-corrected chi connectivity index (χ0v) is 12.6. The van der Waals surface area contributed by atoms with Crippen LogP contribution in [0.4, 0.5) is 10.1 Å². The van der Waals surface area contributed by atoms with E-state index < -0.39 is 0 Å². The first-order valence-electron chi connectivity index (χ1n) is 7.60. The first-order chi connectivity index (χ1) is 11.2. The van der Waals surface area contributed by atoms with Crippen LogP contribution in [-0.4, -0.2) is 18.6 Å². The van der Waals surface area contributed by atoms with Crippen LogP contribution in [-0.2, 0) is 16.1 Å². The van der Waals surface area contributed by atoms with E-state index in [-0.39, 0.29) is 17.8 Å². The van der Waals surface area contributed by atoms with E-state index in [2.05, 4.69) is 5.32 Å². The molecule has 0 bridgehead atoms. The quantitative estimate of drug-likeness (QED) is 0.918. The highest BCUT2D eigenvalue weighted by Gasteiger charge is 2.23.